The maximum atomic E-state index is 12.8. The van der Waals surface area contributed by atoms with Crippen LogP contribution < -0.4 is 14.9 Å². The molecule has 0 radical (unpaired) electrons. The predicted molar refractivity (Wildman–Crippen MR) is 158 cm³/mol. The lowest BCUT2D eigenvalue weighted by Gasteiger charge is -2.11. The van der Waals surface area contributed by atoms with Crippen LogP contribution >= 0.6 is 23.2 Å². The number of amides is 1. The summed E-state index contributed by atoms with van der Waals surface area (Å²) in [5.74, 6) is -1.20. The van der Waals surface area contributed by atoms with Gasteiger partial charge in [-0.05, 0) is 67.1 Å². The first-order valence-corrected chi connectivity index (χ1v) is 14.0. The van der Waals surface area contributed by atoms with Crippen molar-refractivity contribution < 1.29 is 23.9 Å². The fraction of sp³-hybridized carbons (Fsp3) is 0.290. The second kappa shape index (κ2) is 16.4. The summed E-state index contributed by atoms with van der Waals surface area (Å²) < 4.78 is 11.1. The molecule has 0 aliphatic carbocycles. The van der Waals surface area contributed by atoms with Crippen LogP contribution in [-0.4, -0.2) is 24.1 Å². The Labute approximate surface area is 244 Å². The van der Waals surface area contributed by atoms with Crippen molar-refractivity contribution in [1.29, 1.82) is 0 Å². The summed E-state index contributed by atoms with van der Waals surface area (Å²) in [6.07, 6.45) is 9.55. The summed E-state index contributed by atoms with van der Waals surface area (Å²) in [5.41, 5.74) is 3.49. The number of unbranched alkanes of at least 4 members (excludes halogenated alkanes) is 6. The molecule has 3 rings (SSSR count). The zero-order valence-electron chi connectivity index (χ0n) is 22.3. The standard InChI is InChI=1S/C31H32Cl2N2O5/c1-2-3-4-5-6-7-8-9-29(36)35-34-21-24-14-19-27(39-30(37)22-10-15-25(32)16-11-22)20-28(24)40-31(38)23-12-17-26(33)18-13-23/h10-21H,2-9H2,1H3,(H,35,36)/b34-21+. The van der Waals surface area contributed by atoms with Gasteiger partial charge in [0.2, 0.25) is 5.91 Å². The number of hydrogen-bond donors (Lipinski definition) is 1. The summed E-state index contributed by atoms with van der Waals surface area (Å²) in [4.78, 5) is 37.5. The van der Waals surface area contributed by atoms with Gasteiger partial charge in [-0.3, -0.25) is 4.79 Å². The van der Waals surface area contributed by atoms with Crippen LogP contribution in [0.3, 0.4) is 0 Å². The van der Waals surface area contributed by atoms with Crippen molar-refractivity contribution in [2.45, 2.75) is 58.3 Å². The number of carbonyl (C=O) groups excluding carboxylic acids is 3. The third-order valence-corrected chi connectivity index (χ3v) is 6.46. The van der Waals surface area contributed by atoms with Crippen molar-refractivity contribution >= 4 is 47.3 Å². The quantitative estimate of drug-likeness (QED) is 0.0682. The van der Waals surface area contributed by atoms with Gasteiger partial charge in [0, 0.05) is 28.1 Å². The molecule has 1 N–H and O–H groups in total. The smallest absolute Gasteiger partial charge is 0.343 e. The fourth-order valence-corrected chi connectivity index (χ4v) is 3.99. The van der Waals surface area contributed by atoms with E-state index in [-0.39, 0.29) is 23.0 Å². The van der Waals surface area contributed by atoms with Crippen LogP contribution in [0.15, 0.2) is 71.8 Å². The van der Waals surface area contributed by atoms with Gasteiger partial charge in [0.15, 0.2) is 0 Å². The molecule has 3 aromatic carbocycles. The van der Waals surface area contributed by atoms with Crippen LogP contribution in [0.4, 0.5) is 0 Å². The van der Waals surface area contributed by atoms with Gasteiger partial charge < -0.3 is 9.47 Å². The zero-order chi connectivity index (χ0) is 28.7. The molecule has 40 heavy (non-hydrogen) atoms. The van der Waals surface area contributed by atoms with E-state index in [4.69, 9.17) is 32.7 Å². The molecule has 0 fully saturated rings. The highest BCUT2D eigenvalue weighted by Crippen LogP contribution is 2.26. The minimum absolute atomic E-state index is 0.0893. The van der Waals surface area contributed by atoms with Crippen molar-refractivity contribution in [3.63, 3.8) is 0 Å². The van der Waals surface area contributed by atoms with Gasteiger partial charge in [-0.1, -0.05) is 68.7 Å². The first kappa shape index (κ1) is 30.9. The molecular formula is C31H32Cl2N2O5. The van der Waals surface area contributed by atoms with Crippen LogP contribution in [0.25, 0.3) is 0 Å². The van der Waals surface area contributed by atoms with Gasteiger partial charge in [0.1, 0.15) is 11.5 Å². The number of nitrogens with zero attached hydrogens (tertiary/aromatic N) is 1. The summed E-state index contributed by atoms with van der Waals surface area (Å²) >= 11 is 11.8. The molecule has 9 heteroatoms. The molecular weight excluding hydrogens is 551 g/mol. The Morgan fingerprint density at radius 1 is 0.750 bits per heavy atom. The average molecular weight is 584 g/mol. The third-order valence-electron chi connectivity index (χ3n) is 5.96. The van der Waals surface area contributed by atoms with Gasteiger partial charge in [0.05, 0.1) is 17.3 Å². The topological polar surface area (TPSA) is 94.1 Å². The van der Waals surface area contributed by atoms with Crippen LogP contribution in [0, 0.1) is 0 Å². The first-order valence-electron chi connectivity index (χ1n) is 13.3. The number of carbonyl (C=O) groups is 3. The molecule has 0 spiro atoms. The number of halogens is 2. The van der Waals surface area contributed by atoms with E-state index in [0.717, 1.165) is 19.3 Å². The van der Waals surface area contributed by atoms with E-state index < -0.39 is 11.9 Å². The van der Waals surface area contributed by atoms with Gasteiger partial charge in [-0.2, -0.15) is 5.10 Å². The van der Waals surface area contributed by atoms with E-state index in [9.17, 15) is 14.4 Å². The zero-order valence-corrected chi connectivity index (χ0v) is 23.8. The van der Waals surface area contributed by atoms with Gasteiger partial charge in [-0.15, -0.1) is 0 Å². The highest BCUT2D eigenvalue weighted by atomic mass is 35.5. The number of rotatable bonds is 14. The average Bonchev–Trinajstić information content (AvgIpc) is 2.94. The predicted octanol–water partition coefficient (Wildman–Crippen LogP) is 8.02. The minimum Gasteiger partial charge on any atom is -0.423 e. The van der Waals surface area contributed by atoms with Gasteiger partial charge >= 0.3 is 11.9 Å². The normalized spacial score (nSPS) is 10.9. The van der Waals surface area contributed by atoms with Crippen LogP contribution in [0.5, 0.6) is 11.5 Å². The number of benzene rings is 3. The lowest BCUT2D eigenvalue weighted by atomic mass is 10.1. The lowest BCUT2D eigenvalue weighted by molar-refractivity contribution is -0.121. The van der Waals surface area contributed by atoms with Crippen LogP contribution in [0.2, 0.25) is 10.0 Å². The Bertz CT molecular complexity index is 1310. The second-order valence-electron chi connectivity index (χ2n) is 9.16. The molecule has 0 heterocycles. The number of ether oxygens (including phenoxy) is 2. The summed E-state index contributed by atoms with van der Waals surface area (Å²) in [6.45, 7) is 2.18. The first-order chi connectivity index (χ1) is 19.4. The number of nitrogens with one attached hydrogen (secondary N) is 1. The maximum Gasteiger partial charge on any atom is 0.343 e. The number of esters is 2. The summed E-state index contributed by atoms with van der Waals surface area (Å²) in [5, 5.41) is 5.00. The Morgan fingerprint density at radius 2 is 1.30 bits per heavy atom. The number of hydrazone groups is 1. The molecule has 0 saturated heterocycles. The Morgan fingerprint density at radius 3 is 1.90 bits per heavy atom. The molecule has 7 nitrogen and oxygen atoms in total. The van der Waals surface area contributed by atoms with Crippen molar-refractivity contribution in [2.24, 2.45) is 5.10 Å². The summed E-state index contributed by atoms with van der Waals surface area (Å²) in [7, 11) is 0. The molecule has 1 amide bonds. The van der Waals surface area contributed by atoms with Crippen molar-refractivity contribution in [3.8, 4) is 11.5 Å². The van der Waals surface area contributed by atoms with Crippen molar-refractivity contribution in [3.05, 3.63) is 93.5 Å². The third kappa shape index (κ3) is 10.5. The Hall–Kier alpha value is -3.68. The molecule has 0 aromatic heterocycles. The molecule has 210 valence electrons. The number of hydrogen-bond acceptors (Lipinski definition) is 6. The van der Waals surface area contributed by atoms with Crippen LogP contribution in [0.1, 0.15) is 84.6 Å². The fourth-order valence-electron chi connectivity index (χ4n) is 3.74. The molecule has 3 aromatic rings. The second-order valence-corrected chi connectivity index (χ2v) is 10.0. The summed E-state index contributed by atoms with van der Waals surface area (Å²) in [6, 6.07) is 17.0. The van der Waals surface area contributed by atoms with Crippen LogP contribution in [-0.2, 0) is 4.79 Å². The van der Waals surface area contributed by atoms with Gasteiger partial charge in [0.25, 0.3) is 0 Å². The molecule has 0 saturated carbocycles. The Balaban J connectivity index is 1.67. The van der Waals surface area contributed by atoms with E-state index in [1.807, 2.05) is 0 Å². The molecule has 0 aliphatic rings. The molecule has 0 atom stereocenters. The van der Waals surface area contributed by atoms with E-state index in [1.165, 1.54) is 56.2 Å². The lowest BCUT2D eigenvalue weighted by Crippen LogP contribution is -2.17. The highest BCUT2D eigenvalue weighted by molar-refractivity contribution is 6.31. The molecule has 0 unspecified atom stereocenters. The highest BCUT2D eigenvalue weighted by Gasteiger charge is 2.15. The van der Waals surface area contributed by atoms with Crippen molar-refractivity contribution in [1.82, 2.24) is 5.43 Å². The SMILES string of the molecule is CCCCCCCCCC(=O)N/N=C/c1ccc(OC(=O)c2ccc(Cl)cc2)cc1OC(=O)c1ccc(Cl)cc1. The van der Waals surface area contributed by atoms with Gasteiger partial charge in [-0.25, -0.2) is 15.0 Å². The Kier molecular flexibility index (Phi) is 12.7. The van der Waals surface area contributed by atoms with Crippen molar-refractivity contribution in [2.75, 3.05) is 0 Å². The molecule has 0 bridgehead atoms. The maximum absolute atomic E-state index is 12.8. The monoisotopic (exact) mass is 582 g/mol. The van der Waals surface area contributed by atoms with E-state index >= 15 is 0 Å². The van der Waals surface area contributed by atoms with E-state index in [0.29, 0.717) is 27.6 Å². The largest absolute Gasteiger partial charge is 0.423 e. The molecule has 0 aliphatic heterocycles. The minimum atomic E-state index is -0.643. The van der Waals surface area contributed by atoms with E-state index in [2.05, 4.69) is 17.5 Å². The van der Waals surface area contributed by atoms with E-state index in [1.54, 1.807) is 42.5 Å².